The van der Waals surface area contributed by atoms with E-state index in [2.05, 4.69) is 5.32 Å². The fourth-order valence-corrected chi connectivity index (χ4v) is 7.96. The maximum absolute atomic E-state index is 15.3. The number of benzene rings is 4. The van der Waals surface area contributed by atoms with E-state index in [-0.39, 0.29) is 46.6 Å². The van der Waals surface area contributed by atoms with Gasteiger partial charge < -0.3 is 15.0 Å². The summed E-state index contributed by atoms with van der Waals surface area (Å²) in [5, 5.41) is 15.0. The smallest absolute Gasteiger partial charge is 0.273 e. The lowest BCUT2D eigenvalue weighted by Crippen LogP contribution is -2.55. The standard InChI is InChI=1S/C38H40ClFN4O7S/c1-26-17-19-31(23-33(26)44(47)48)52(49,50)43(34-22-29(39)18-20-36(34)51-2)25-37(45)42(24-28-13-9-10-16-32(28)40)35(21-27-11-5-3-6-12-27)38(46)41-30-14-7-4-8-15-30/h3,5-6,9-13,16-20,22-23,30,35H,4,7-8,14-15,21,24-25H2,1-2H3,(H,41,46)/t35-/m0/s1. The zero-order valence-corrected chi connectivity index (χ0v) is 30.4. The van der Waals surface area contributed by atoms with Gasteiger partial charge in [0.25, 0.3) is 15.7 Å². The van der Waals surface area contributed by atoms with Gasteiger partial charge in [0.1, 0.15) is 24.2 Å². The Morgan fingerprint density at radius 3 is 2.37 bits per heavy atom. The van der Waals surface area contributed by atoms with E-state index in [0.717, 1.165) is 48.0 Å². The molecule has 52 heavy (non-hydrogen) atoms. The van der Waals surface area contributed by atoms with Gasteiger partial charge in [-0.15, -0.1) is 0 Å². The maximum Gasteiger partial charge on any atom is 0.273 e. The molecule has 4 aromatic carbocycles. The van der Waals surface area contributed by atoms with E-state index in [1.807, 2.05) is 18.2 Å². The number of carbonyl (C=O) groups excluding carboxylic acids is 2. The number of rotatable bonds is 14. The highest BCUT2D eigenvalue weighted by molar-refractivity contribution is 7.92. The molecule has 0 aromatic heterocycles. The van der Waals surface area contributed by atoms with E-state index in [0.29, 0.717) is 0 Å². The molecular formula is C38H40ClFN4O7S. The number of halogens is 2. The van der Waals surface area contributed by atoms with Crippen molar-refractivity contribution in [3.63, 3.8) is 0 Å². The van der Waals surface area contributed by atoms with Crippen molar-refractivity contribution in [2.45, 2.75) is 69.0 Å². The van der Waals surface area contributed by atoms with Crippen molar-refractivity contribution in [3.05, 3.63) is 129 Å². The van der Waals surface area contributed by atoms with Crippen LogP contribution in [-0.4, -0.2) is 55.8 Å². The van der Waals surface area contributed by atoms with Crippen molar-refractivity contribution in [2.75, 3.05) is 18.0 Å². The summed E-state index contributed by atoms with van der Waals surface area (Å²) in [5.74, 6) is -1.86. The Balaban J connectivity index is 1.64. The minimum absolute atomic E-state index is 0.0407. The van der Waals surface area contributed by atoms with Crippen LogP contribution in [0.3, 0.4) is 0 Å². The summed E-state index contributed by atoms with van der Waals surface area (Å²) >= 11 is 6.34. The minimum atomic E-state index is -4.75. The number of hydrogen-bond acceptors (Lipinski definition) is 7. The van der Waals surface area contributed by atoms with Crippen molar-refractivity contribution in [1.82, 2.24) is 10.2 Å². The molecule has 1 saturated carbocycles. The van der Waals surface area contributed by atoms with Gasteiger partial charge >= 0.3 is 0 Å². The molecule has 11 nitrogen and oxygen atoms in total. The molecule has 0 saturated heterocycles. The van der Waals surface area contributed by atoms with E-state index in [1.165, 1.54) is 67.5 Å². The quantitative estimate of drug-likeness (QED) is 0.108. The van der Waals surface area contributed by atoms with E-state index >= 15 is 4.39 Å². The number of sulfonamides is 1. The summed E-state index contributed by atoms with van der Waals surface area (Å²) in [6.07, 6.45) is 4.54. The van der Waals surface area contributed by atoms with Crippen LogP contribution in [0.4, 0.5) is 15.8 Å². The maximum atomic E-state index is 15.3. The van der Waals surface area contributed by atoms with Gasteiger partial charge in [0.2, 0.25) is 11.8 Å². The summed E-state index contributed by atoms with van der Waals surface area (Å²) in [6, 6.07) is 21.2. The first-order valence-corrected chi connectivity index (χ1v) is 18.7. The number of anilines is 1. The second-order valence-corrected chi connectivity index (χ2v) is 15.0. The first-order chi connectivity index (χ1) is 24.9. The molecule has 2 amide bonds. The van der Waals surface area contributed by atoms with Gasteiger partial charge in [0, 0.05) is 41.2 Å². The summed E-state index contributed by atoms with van der Waals surface area (Å²) in [6.45, 7) is 0.219. The largest absolute Gasteiger partial charge is 0.495 e. The number of nitrogens with zero attached hydrogens (tertiary/aromatic N) is 3. The van der Waals surface area contributed by atoms with Crippen LogP contribution < -0.4 is 14.4 Å². The molecule has 5 rings (SSSR count). The minimum Gasteiger partial charge on any atom is -0.495 e. The van der Waals surface area contributed by atoms with E-state index < -0.39 is 55.7 Å². The summed E-state index contributed by atoms with van der Waals surface area (Å²) in [7, 11) is -3.43. The highest BCUT2D eigenvalue weighted by Crippen LogP contribution is 2.36. The molecule has 1 N–H and O–H groups in total. The summed E-state index contributed by atoms with van der Waals surface area (Å²) in [5.41, 5.74) is 0.516. The Hall–Kier alpha value is -5.01. The molecule has 274 valence electrons. The lowest BCUT2D eigenvalue weighted by atomic mass is 9.94. The lowest BCUT2D eigenvalue weighted by molar-refractivity contribution is -0.385. The van der Waals surface area contributed by atoms with Gasteiger partial charge in [-0.25, -0.2) is 12.8 Å². The van der Waals surface area contributed by atoms with Crippen molar-refractivity contribution >= 4 is 44.8 Å². The van der Waals surface area contributed by atoms with Crippen molar-refractivity contribution in [2.24, 2.45) is 0 Å². The highest BCUT2D eigenvalue weighted by Gasteiger charge is 2.37. The molecule has 0 heterocycles. The number of hydrogen-bond donors (Lipinski definition) is 1. The van der Waals surface area contributed by atoms with Crippen LogP contribution in [0.5, 0.6) is 5.75 Å². The van der Waals surface area contributed by atoms with Gasteiger partial charge in [-0.2, -0.15) is 0 Å². The predicted octanol–water partition coefficient (Wildman–Crippen LogP) is 6.99. The Labute approximate surface area is 307 Å². The van der Waals surface area contributed by atoms with Crippen LogP contribution in [0.15, 0.2) is 95.9 Å². The van der Waals surface area contributed by atoms with Crippen LogP contribution in [0.1, 0.15) is 48.8 Å². The van der Waals surface area contributed by atoms with Crippen LogP contribution >= 0.6 is 11.6 Å². The number of aryl methyl sites for hydroxylation is 1. The third kappa shape index (κ3) is 9.07. The zero-order valence-electron chi connectivity index (χ0n) is 28.8. The summed E-state index contributed by atoms with van der Waals surface area (Å²) in [4.78, 5) is 40.9. The fraction of sp³-hybridized carbons (Fsp3) is 0.316. The summed E-state index contributed by atoms with van der Waals surface area (Å²) < 4.78 is 50.5. The van der Waals surface area contributed by atoms with Crippen LogP contribution in [0, 0.1) is 22.9 Å². The van der Waals surface area contributed by atoms with Crippen molar-refractivity contribution in [1.29, 1.82) is 0 Å². The normalized spacial score (nSPS) is 13.9. The molecular weight excluding hydrogens is 711 g/mol. The van der Waals surface area contributed by atoms with Crippen LogP contribution in [0.25, 0.3) is 0 Å². The Morgan fingerprint density at radius 2 is 1.69 bits per heavy atom. The third-order valence-electron chi connectivity index (χ3n) is 9.17. The zero-order chi connectivity index (χ0) is 37.4. The second kappa shape index (κ2) is 17.0. The van der Waals surface area contributed by atoms with Gasteiger partial charge in [0.15, 0.2) is 0 Å². The van der Waals surface area contributed by atoms with E-state index in [9.17, 15) is 28.1 Å². The first kappa shape index (κ1) is 38.2. The number of carbonyl (C=O) groups is 2. The van der Waals surface area contributed by atoms with Crippen LogP contribution in [0.2, 0.25) is 5.02 Å². The number of methoxy groups -OCH3 is 1. The van der Waals surface area contributed by atoms with Gasteiger partial charge in [-0.1, -0.05) is 85.5 Å². The second-order valence-electron chi connectivity index (χ2n) is 12.7. The molecule has 1 aliphatic carbocycles. The SMILES string of the molecule is COc1ccc(Cl)cc1N(CC(=O)N(Cc1ccccc1F)[C@@H](Cc1ccccc1)C(=O)NC1CCCCC1)S(=O)(=O)c1ccc(C)c([N+](=O)[O-])c1. The molecule has 14 heteroatoms. The van der Waals surface area contributed by atoms with Gasteiger partial charge in [-0.3, -0.25) is 24.0 Å². The molecule has 0 aliphatic heterocycles. The monoisotopic (exact) mass is 750 g/mol. The van der Waals surface area contributed by atoms with Gasteiger partial charge in [-0.05, 0) is 55.7 Å². The van der Waals surface area contributed by atoms with Crippen molar-refractivity contribution < 1.29 is 32.1 Å². The number of amides is 2. The Kier molecular flexibility index (Phi) is 12.5. The molecule has 1 aliphatic rings. The van der Waals surface area contributed by atoms with Crippen molar-refractivity contribution in [3.8, 4) is 5.75 Å². The molecule has 0 bridgehead atoms. The predicted molar refractivity (Wildman–Crippen MR) is 196 cm³/mol. The average Bonchev–Trinajstić information content (AvgIpc) is 3.13. The number of nitrogens with one attached hydrogen (secondary N) is 1. The number of nitro groups is 1. The Bertz CT molecular complexity index is 2030. The average molecular weight is 751 g/mol. The van der Waals surface area contributed by atoms with E-state index in [1.54, 1.807) is 18.2 Å². The van der Waals surface area contributed by atoms with E-state index in [4.69, 9.17) is 16.3 Å². The number of ether oxygens (including phenoxy) is 1. The molecule has 1 fully saturated rings. The molecule has 0 radical (unpaired) electrons. The molecule has 4 aromatic rings. The first-order valence-electron chi connectivity index (χ1n) is 16.9. The van der Waals surface area contributed by atoms with Gasteiger partial charge in [0.05, 0.1) is 22.6 Å². The van der Waals surface area contributed by atoms with Crippen LogP contribution in [-0.2, 0) is 32.6 Å². The third-order valence-corrected chi connectivity index (χ3v) is 11.2. The highest BCUT2D eigenvalue weighted by atomic mass is 35.5. The fourth-order valence-electron chi connectivity index (χ4n) is 6.35. The molecule has 0 spiro atoms. The Morgan fingerprint density at radius 1 is 1.00 bits per heavy atom. The molecule has 1 atom stereocenters. The molecule has 0 unspecified atom stereocenters. The number of nitro benzene ring substituents is 1. The topological polar surface area (TPSA) is 139 Å². The lowest BCUT2D eigenvalue weighted by Gasteiger charge is -2.35.